The second-order valence-corrected chi connectivity index (χ2v) is 5.55. The van der Waals surface area contributed by atoms with Crippen molar-refractivity contribution in [3.05, 3.63) is 73.5 Å². The first-order chi connectivity index (χ1) is 9.90. The van der Waals surface area contributed by atoms with Crippen molar-refractivity contribution in [3.8, 4) is 5.69 Å². The molecule has 21 heavy (non-hydrogen) atoms. The lowest BCUT2D eigenvalue weighted by atomic mass is 10.2. The molecule has 0 saturated carbocycles. The lowest BCUT2D eigenvalue weighted by molar-refractivity contribution is 0.729. The van der Waals surface area contributed by atoms with Crippen LogP contribution < -0.4 is 11.1 Å². The van der Waals surface area contributed by atoms with E-state index in [0.29, 0.717) is 17.3 Å². The van der Waals surface area contributed by atoms with Crippen LogP contribution in [0, 0.1) is 6.92 Å². The van der Waals surface area contributed by atoms with Gasteiger partial charge in [0.25, 0.3) is 0 Å². The number of hydrogen-bond acceptors (Lipinski definition) is 2. The van der Waals surface area contributed by atoms with Crippen LogP contribution in [0.3, 0.4) is 0 Å². The van der Waals surface area contributed by atoms with Crippen LogP contribution >= 0.6 is 11.6 Å². The molecule has 2 aromatic rings. The van der Waals surface area contributed by atoms with Crippen LogP contribution in [-0.2, 0) is 6.54 Å². The standard InChI is InChI=1S/C16H17ClN2O2/c1-11(2)6-7-18-8-9-19(16(21)15(18)20)13-5-4-12(3)14(17)10-13/h4-6,8-10H,7H2,1-3H3. The SMILES string of the molecule is CC(C)=CCn1ccn(-c2ccc(C)c(Cl)c2)c(=O)c1=O. The molecule has 0 unspecified atom stereocenters. The summed E-state index contributed by atoms with van der Waals surface area (Å²) in [6, 6.07) is 5.26. The highest BCUT2D eigenvalue weighted by molar-refractivity contribution is 6.31. The first-order valence-electron chi connectivity index (χ1n) is 6.62. The van der Waals surface area contributed by atoms with Gasteiger partial charge in [-0.15, -0.1) is 0 Å². The maximum absolute atomic E-state index is 12.2. The van der Waals surface area contributed by atoms with Crippen molar-refractivity contribution in [2.75, 3.05) is 0 Å². The summed E-state index contributed by atoms with van der Waals surface area (Å²) in [5.74, 6) is 0. The fourth-order valence-corrected chi connectivity index (χ4v) is 2.04. The second-order valence-electron chi connectivity index (χ2n) is 5.15. The molecule has 110 valence electrons. The van der Waals surface area contributed by atoms with Gasteiger partial charge in [-0.05, 0) is 38.5 Å². The van der Waals surface area contributed by atoms with Crippen LogP contribution in [-0.4, -0.2) is 9.13 Å². The molecule has 5 heteroatoms. The molecule has 4 nitrogen and oxygen atoms in total. The van der Waals surface area contributed by atoms with Crippen molar-refractivity contribution >= 4 is 11.6 Å². The molecule has 0 fully saturated rings. The van der Waals surface area contributed by atoms with Crippen molar-refractivity contribution in [2.24, 2.45) is 0 Å². The molecular weight excluding hydrogens is 288 g/mol. The van der Waals surface area contributed by atoms with E-state index in [4.69, 9.17) is 11.6 Å². The van der Waals surface area contributed by atoms with Crippen molar-refractivity contribution in [1.82, 2.24) is 9.13 Å². The van der Waals surface area contributed by atoms with Gasteiger partial charge in [0.15, 0.2) is 0 Å². The van der Waals surface area contributed by atoms with Gasteiger partial charge in [-0.1, -0.05) is 29.3 Å². The Balaban J connectivity index is 2.50. The van der Waals surface area contributed by atoms with Gasteiger partial charge in [0.2, 0.25) is 0 Å². The summed E-state index contributed by atoms with van der Waals surface area (Å²) in [5.41, 5.74) is 1.47. The average molecular weight is 305 g/mol. The van der Waals surface area contributed by atoms with Gasteiger partial charge >= 0.3 is 11.1 Å². The van der Waals surface area contributed by atoms with Crippen LogP contribution in [0.25, 0.3) is 5.69 Å². The first-order valence-corrected chi connectivity index (χ1v) is 7.00. The Bertz CT molecular complexity index is 812. The summed E-state index contributed by atoms with van der Waals surface area (Å²) in [6.45, 7) is 6.17. The summed E-state index contributed by atoms with van der Waals surface area (Å²) in [5, 5.41) is 0.563. The third-order valence-electron chi connectivity index (χ3n) is 3.19. The molecule has 0 aliphatic carbocycles. The highest BCUT2D eigenvalue weighted by Crippen LogP contribution is 2.18. The number of nitrogens with zero attached hydrogens (tertiary/aromatic N) is 2. The Morgan fingerprint density at radius 3 is 2.52 bits per heavy atom. The normalized spacial score (nSPS) is 10.5. The van der Waals surface area contributed by atoms with Crippen LogP contribution in [0.2, 0.25) is 5.02 Å². The summed E-state index contributed by atoms with van der Waals surface area (Å²) in [6.07, 6.45) is 5.09. The number of halogens is 1. The molecule has 0 bridgehead atoms. The Labute approximate surface area is 127 Å². The highest BCUT2D eigenvalue weighted by atomic mass is 35.5. The predicted octanol–water partition coefficient (Wildman–Crippen LogP) is 2.93. The average Bonchev–Trinajstić information content (AvgIpc) is 2.43. The van der Waals surface area contributed by atoms with Gasteiger partial charge in [0.1, 0.15) is 0 Å². The molecule has 1 aromatic carbocycles. The molecule has 0 saturated heterocycles. The van der Waals surface area contributed by atoms with E-state index in [1.54, 1.807) is 24.5 Å². The van der Waals surface area contributed by atoms with E-state index in [2.05, 4.69) is 0 Å². The number of allylic oxidation sites excluding steroid dienone is 2. The molecule has 0 aliphatic rings. The van der Waals surface area contributed by atoms with E-state index in [9.17, 15) is 9.59 Å². The number of aromatic nitrogens is 2. The van der Waals surface area contributed by atoms with Gasteiger partial charge in [-0.25, -0.2) is 0 Å². The molecule has 0 amide bonds. The Morgan fingerprint density at radius 1 is 1.19 bits per heavy atom. The lowest BCUT2D eigenvalue weighted by Crippen LogP contribution is -2.39. The molecule has 0 radical (unpaired) electrons. The van der Waals surface area contributed by atoms with Crippen molar-refractivity contribution in [2.45, 2.75) is 27.3 Å². The topological polar surface area (TPSA) is 44.0 Å². The van der Waals surface area contributed by atoms with E-state index < -0.39 is 11.1 Å². The summed E-state index contributed by atoms with van der Waals surface area (Å²) < 4.78 is 2.70. The van der Waals surface area contributed by atoms with Crippen LogP contribution in [0.1, 0.15) is 19.4 Å². The molecule has 1 heterocycles. The minimum atomic E-state index is -0.584. The first kappa shape index (κ1) is 15.3. The fourth-order valence-electron chi connectivity index (χ4n) is 1.87. The highest BCUT2D eigenvalue weighted by Gasteiger charge is 2.07. The van der Waals surface area contributed by atoms with Crippen molar-refractivity contribution in [3.63, 3.8) is 0 Å². The minimum Gasteiger partial charge on any atom is -0.305 e. The quantitative estimate of drug-likeness (QED) is 0.646. The van der Waals surface area contributed by atoms with Crippen molar-refractivity contribution in [1.29, 1.82) is 0 Å². The smallest absolute Gasteiger partial charge is 0.305 e. The van der Waals surface area contributed by atoms with E-state index in [1.165, 1.54) is 9.13 Å². The summed E-state index contributed by atoms with van der Waals surface area (Å²) in [7, 11) is 0. The van der Waals surface area contributed by atoms with Gasteiger partial charge in [-0.3, -0.25) is 14.2 Å². The molecule has 0 atom stereocenters. The van der Waals surface area contributed by atoms with Gasteiger partial charge in [0, 0.05) is 24.0 Å². The summed E-state index contributed by atoms with van der Waals surface area (Å²) in [4.78, 5) is 24.3. The largest absolute Gasteiger partial charge is 0.320 e. The molecule has 0 N–H and O–H groups in total. The molecule has 1 aromatic heterocycles. The predicted molar refractivity (Wildman–Crippen MR) is 85.5 cm³/mol. The molecular formula is C16H17ClN2O2. The van der Waals surface area contributed by atoms with Gasteiger partial charge < -0.3 is 4.57 Å². The van der Waals surface area contributed by atoms with E-state index in [-0.39, 0.29) is 0 Å². The second kappa shape index (κ2) is 6.14. The monoisotopic (exact) mass is 304 g/mol. The van der Waals surface area contributed by atoms with Gasteiger partial charge in [0.05, 0.1) is 5.69 Å². The molecule has 2 rings (SSSR count). The maximum Gasteiger partial charge on any atom is 0.320 e. The third-order valence-corrected chi connectivity index (χ3v) is 3.60. The zero-order valence-corrected chi connectivity index (χ0v) is 13.0. The summed E-state index contributed by atoms with van der Waals surface area (Å²) >= 11 is 6.07. The molecule has 0 spiro atoms. The number of benzene rings is 1. The lowest BCUT2D eigenvalue weighted by Gasteiger charge is -2.09. The minimum absolute atomic E-state index is 0.395. The number of hydrogen-bond donors (Lipinski definition) is 0. The van der Waals surface area contributed by atoms with E-state index >= 15 is 0 Å². The Kier molecular flexibility index (Phi) is 4.48. The number of aryl methyl sites for hydroxylation is 1. The maximum atomic E-state index is 12.2. The van der Waals surface area contributed by atoms with Gasteiger partial charge in [-0.2, -0.15) is 0 Å². The zero-order valence-electron chi connectivity index (χ0n) is 12.3. The zero-order chi connectivity index (χ0) is 15.6. The number of rotatable bonds is 3. The van der Waals surface area contributed by atoms with Crippen LogP contribution in [0.4, 0.5) is 0 Å². The Morgan fingerprint density at radius 2 is 1.90 bits per heavy atom. The van der Waals surface area contributed by atoms with Crippen molar-refractivity contribution < 1.29 is 0 Å². The Hall–Kier alpha value is -2.07. The fraction of sp³-hybridized carbons (Fsp3) is 0.250. The van der Waals surface area contributed by atoms with Crippen LogP contribution in [0.15, 0.2) is 51.8 Å². The molecule has 0 aliphatic heterocycles. The van der Waals surface area contributed by atoms with E-state index in [1.807, 2.05) is 32.9 Å². The third kappa shape index (κ3) is 3.34. The van der Waals surface area contributed by atoms with Crippen LogP contribution in [0.5, 0.6) is 0 Å². The van der Waals surface area contributed by atoms with E-state index in [0.717, 1.165) is 11.1 Å².